The first kappa shape index (κ1) is 14.9. The Morgan fingerprint density at radius 2 is 1.88 bits per heavy atom. The zero-order valence-corrected chi connectivity index (χ0v) is 14.0. The molecule has 1 aromatic carbocycles. The summed E-state index contributed by atoms with van der Waals surface area (Å²) in [5.74, 6) is 1.64. The van der Waals surface area contributed by atoms with Gasteiger partial charge in [-0.05, 0) is 30.4 Å². The van der Waals surface area contributed by atoms with Crippen LogP contribution in [0.3, 0.4) is 0 Å². The highest BCUT2D eigenvalue weighted by Crippen LogP contribution is 2.42. The van der Waals surface area contributed by atoms with Crippen molar-refractivity contribution in [1.82, 2.24) is 14.5 Å². The highest BCUT2D eigenvalue weighted by Gasteiger charge is 2.32. The minimum absolute atomic E-state index is 0.272. The zero-order chi connectivity index (χ0) is 16.8. The van der Waals surface area contributed by atoms with Crippen LogP contribution in [0, 0.1) is 23.2 Å². The van der Waals surface area contributed by atoms with Gasteiger partial charge in [-0.25, -0.2) is 9.97 Å². The first-order chi connectivity index (χ1) is 11.6. The Kier molecular flexibility index (Phi) is 3.42. The van der Waals surface area contributed by atoms with Crippen LogP contribution in [0.15, 0.2) is 24.3 Å². The van der Waals surface area contributed by atoms with Crippen molar-refractivity contribution < 1.29 is 0 Å². The predicted molar refractivity (Wildman–Crippen MR) is 95.4 cm³/mol. The van der Waals surface area contributed by atoms with Crippen LogP contribution in [0.4, 0.5) is 5.82 Å². The zero-order valence-electron chi connectivity index (χ0n) is 14.0. The standard InChI is InChI=1S/C19H21N5/c1-11-6-5-9-16(12(11)2)24-18(21)13(10-20)17-19(24)23-15-8-4-3-7-14(15)22-17/h3-4,7-8,11-12,16H,5-6,9,21H2,1-2H3/t11-,12-,16+/m1/s1. The molecule has 2 aromatic heterocycles. The maximum absolute atomic E-state index is 9.61. The van der Waals surface area contributed by atoms with Gasteiger partial charge in [-0.15, -0.1) is 0 Å². The van der Waals surface area contributed by atoms with Crippen molar-refractivity contribution in [1.29, 1.82) is 5.26 Å². The molecule has 0 radical (unpaired) electrons. The van der Waals surface area contributed by atoms with Gasteiger partial charge in [0.1, 0.15) is 23.0 Å². The number of nitrogens with two attached hydrogens (primary N) is 1. The van der Waals surface area contributed by atoms with E-state index in [0.29, 0.717) is 28.7 Å². The number of rotatable bonds is 1. The van der Waals surface area contributed by atoms with Gasteiger partial charge in [0.15, 0.2) is 5.65 Å². The van der Waals surface area contributed by atoms with Crippen LogP contribution in [0.25, 0.3) is 22.2 Å². The van der Waals surface area contributed by atoms with Gasteiger partial charge in [-0.2, -0.15) is 5.26 Å². The smallest absolute Gasteiger partial charge is 0.162 e. The van der Waals surface area contributed by atoms with Crippen molar-refractivity contribution in [3.05, 3.63) is 29.8 Å². The van der Waals surface area contributed by atoms with Crippen molar-refractivity contribution in [2.24, 2.45) is 11.8 Å². The van der Waals surface area contributed by atoms with Gasteiger partial charge in [0.25, 0.3) is 0 Å². The van der Waals surface area contributed by atoms with Crippen molar-refractivity contribution >= 4 is 28.0 Å². The second kappa shape index (κ2) is 5.48. The van der Waals surface area contributed by atoms with Crippen LogP contribution >= 0.6 is 0 Å². The summed E-state index contributed by atoms with van der Waals surface area (Å²) in [7, 11) is 0. The summed E-state index contributed by atoms with van der Waals surface area (Å²) in [5, 5.41) is 9.61. The molecule has 3 atom stereocenters. The molecule has 1 aliphatic carbocycles. The molecular weight excluding hydrogens is 298 g/mol. The summed E-state index contributed by atoms with van der Waals surface area (Å²) in [5.41, 5.74) is 9.84. The summed E-state index contributed by atoms with van der Waals surface area (Å²) in [4.78, 5) is 9.49. The third kappa shape index (κ3) is 2.06. The number of nitrogens with zero attached hydrogens (tertiary/aromatic N) is 4. The average molecular weight is 319 g/mol. The van der Waals surface area contributed by atoms with E-state index >= 15 is 0 Å². The molecule has 2 heterocycles. The lowest BCUT2D eigenvalue weighted by molar-refractivity contribution is 0.191. The van der Waals surface area contributed by atoms with E-state index in [0.717, 1.165) is 23.1 Å². The van der Waals surface area contributed by atoms with E-state index in [1.165, 1.54) is 12.8 Å². The van der Waals surface area contributed by atoms with E-state index in [4.69, 9.17) is 10.7 Å². The second-order valence-electron chi connectivity index (χ2n) is 6.96. The molecule has 0 saturated heterocycles. The van der Waals surface area contributed by atoms with Gasteiger partial charge in [-0.3, -0.25) is 0 Å². The average Bonchev–Trinajstić information content (AvgIpc) is 2.86. The van der Waals surface area contributed by atoms with Crippen LogP contribution in [0.1, 0.15) is 44.7 Å². The maximum Gasteiger partial charge on any atom is 0.162 e. The molecule has 1 saturated carbocycles. The fraction of sp³-hybridized carbons (Fsp3) is 0.421. The van der Waals surface area contributed by atoms with Crippen LogP contribution in [-0.2, 0) is 0 Å². The molecule has 0 amide bonds. The largest absolute Gasteiger partial charge is 0.384 e. The van der Waals surface area contributed by atoms with Gasteiger partial charge in [-0.1, -0.05) is 38.8 Å². The Labute approximate surface area is 141 Å². The minimum atomic E-state index is 0.272. The number of fused-ring (bicyclic) bond motifs is 2. The molecule has 1 fully saturated rings. The Morgan fingerprint density at radius 1 is 1.17 bits per heavy atom. The van der Waals surface area contributed by atoms with Gasteiger partial charge in [0.05, 0.1) is 11.0 Å². The van der Waals surface area contributed by atoms with Crippen LogP contribution in [-0.4, -0.2) is 14.5 Å². The van der Waals surface area contributed by atoms with E-state index in [2.05, 4.69) is 29.5 Å². The van der Waals surface area contributed by atoms with Gasteiger partial charge < -0.3 is 10.3 Å². The summed E-state index contributed by atoms with van der Waals surface area (Å²) < 4.78 is 2.08. The predicted octanol–water partition coefficient (Wildman–Crippen LogP) is 4.04. The second-order valence-corrected chi connectivity index (χ2v) is 6.96. The molecule has 24 heavy (non-hydrogen) atoms. The van der Waals surface area contributed by atoms with Crippen molar-refractivity contribution in [2.75, 3.05) is 5.73 Å². The minimum Gasteiger partial charge on any atom is -0.384 e. The fourth-order valence-electron chi connectivity index (χ4n) is 4.05. The topological polar surface area (TPSA) is 80.5 Å². The third-order valence-electron chi connectivity index (χ3n) is 5.64. The Bertz CT molecular complexity index is 965. The normalized spacial score (nSPS) is 24.3. The molecule has 5 nitrogen and oxygen atoms in total. The molecular formula is C19H21N5. The molecule has 4 rings (SSSR count). The van der Waals surface area contributed by atoms with Gasteiger partial charge in [0.2, 0.25) is 0 Å². The summed E-state index contributed by atoms with van der Waals surface area (Å²) in [6.45, 7) is 4.57. The van der Waals surface area contributed by atoms with Crippen molar-refractivity contribution in [3.63, 3.8) is 0 Å². The third-order valence-corrected chi connectivity index (χ3v) is 5.64. The maximum atomic E-state index is 9.61. The molecule has 1 aliphatic rings. The number of benzene rings is 1. The summed E-state index contributed by atoms with van der Waals surface area (Å²) in [6.07, 6.45) is 3.49. The first-order valence-corrected chi connectivity index (χ1v) is 8.58. The van der Waals surface area contributed by atoms with E-state index in [1.807, 2.05) is 24.3 Å². The number of aromatic nitrogens is 3. The number of anilines is 1. The quantitative estimate of drug-likeness (QED) is 0.734. The van der Waals surface area contributed by atoms with E-state index in [1.54, 1.807) is 0 Å². The lowest BCUT2D eigenvalue weighted by atomic mass is 9.78. The lowest BCUT2D eigenvalue weighted by Crippen LogP contribution is -2.28. The van der Waals surface area contributed by atoms with E-state index in [-0.39, 0.29) is 6.04 Å². The molecule has 3 aromatic rings. The van der Waals surface area contributed by atoms with Crippen LogP contribution < -0.4 is 5.73 Å². The Hall–Kier alpha value is -2.61. The fourth-order valence-corrected chi connectivity index (χ4v) is 4.05. The van der Waals surface area contributed by atoms with Crippen molar-refractivity contribution in [2.45, 2.75) is 39.2 Å². The monoisotopic (exact) mass is 319 g/mol. The number of hydrogen-bond donors (Lipinski definition) is 1. The SMILES string of the molecule is C[C@@H]1[C@H](C)CCC[C@@H]1n1c(N)c(C#N)c2nc3ccccc3nc21. The van der Waals surface area contributed by atoms with Crippen molar-refractivity contribution in [3.8, 4) is 6.07 Å². The highest BCUT2D eigenvalue weighted by molar-refractivity contribution is 5.92. The molecule has 122 valence electrons. The van der Waals surface area contributed by atoms with E-state index < -0.39 is 0 Å². The first-order valence-electron chi connectivity index (χ1n) is 8.58. The summed E-state index contributed by atoms with van der Waals surface area (Å²) in [6, 6.07) is 10.3. The number of hydrogen-bond acceptors (Lipinski definition) is 4. The Morgan fingerprint density at radius 3 is 2.58 bits per heavy atom. The van der Waals surface area contributed by atoms with Crippen LogP contribution in [0.5, 0.6) is 0 Å². The van der Waals surface area contributed by atoms with E-state index in [9.17, 15) is 5.26 Å². The molecule has 2 N–H and O–H groups in total. The van der Waals surface area contributed by atoms with Gasteiger partial charge >= 0.3 is 0 Å². The molecule has 5 heteroatoms. The molecule has 0 unspecified atom stereocenters. The number of nitriles is 1. The highest BCUT2D eigenvalue weighted by atomic mass is 15.1. The number of nitrogen functional groups attached to an aromatic ring is 1. The lowest BCUT2D eigenvalue weighted by Gasteiger charge is -2.35. The van der Waals surface area contributed by atoms with Crippen LogP contribution in [0.2, 0.25) is 0 Å². The Balaban J connectivity index is 2.02. The molecule has 0 spiro atoms. The van der Waals surface area contributed by atoms with Gasteiger partial charge in [0, 0.05) is 6.04 Å². The molecule has 0 bridgehead atoms. The number of para-hydroxylation sites is 2. The summed E-state index contributed by atoms with van der Waals surface area (Å²) >= 11 is 0. The molecule has 0 aliphatic heterocycles.